The molecular weight excluding hydrogens is 252 g/mol. The van der Waals surface area contributed by atoms with E-state index in [0.29, 0.717) is 6.61 Å². The molecule has 0 fully saturated rings. The van der Waals surface area contributed by atoms with E-state index in [9.17, 15) is 4.79 Å². The van der Waals surface area contributed by atoms with E-state index in [1.165, 1.54) is 30.4 Å². The van der Waals surface area contributed by atoms with Gasteiger partial charge in [-0.15, -0.1) is 0 Å². The van der Waals surface area contributed by atoms with Crippen LogP contribution in [0.25, 0.3) is 0 Å². The molecule has 0 aromatic carbocycles. The number of hydrazone groups is 1. The lowest BCUT2D eigenvalue weighted by Crippen LogP contribution is -2.20. The second kappa shape index (κ2) is 7.27. The molecule has 1 N–H and O–H groups in total. The number of nitrogens with one attached hydrogen (secondary N) is 1. The van der Waals surface area contributed by atoms with Crippen LogP contribution in [0.15, 0.2) is 28.4 Å². The minimum atomic E-state index is -0.520. The zero-order valence-corrected chi connectivity index (χ0v) is 13.2. The number of hydrogen-bond donors (Lipinski definition) is 1. The van der Waals surface area contributed by atoms with Crippen molar-refractivity contribution in [3.63, 3.8) is 0 Å². The molecule has 4 heteroatoms. The van der Waals surface area contributed by atoms with Crippen LogP contribution in [0.5, 0.6) is 0 Å². The molecule has 0 aliphatic heterocycles. The van der Waals surface area contributed by atoms with E-state index in [1.54, 1.807) is 6.92 Å². The molecule has 0 saturated carbocycles. The number of amides is 1. The Labute approximate surface area is 122 Å². The molecule has 1 aliphatic rings. The topological polar surface area (TPSA) is 50.7 Å². The van der Waals surface area contributed by atoms with Gasteiger partial charge in [-0.3, -0.25) is 0 Å². The van der Waals surface area contributed by atoms with Gasteiger partial charge in [-0.05, 0) is 57.1 Å². The second-order valence-corrected chi connectivity index (χ2v) is 5.85. The van der Waals surface area contributed by atoms with Crippen molar-refractivity contribution in [3.8, 4) is 0 Å². The Kier molecular flexibility index (Phi) is 5.99. The molecule has 0 aromatic heterocycles. The average Bonchev–Trinajstić information content (AvgIpc) is 2.35. The van der Waals surface area contributed by atoms with Gasteiger partial charge >= 0.3 is 6.09 Å². The van der Waals surface area contributed by atoms with Crippen molar-refractivity contribution >= 4 is 11.8 Å². The summed E-state index contributed by atoms with van der Waals surface area (Å²) in [6.07, 6.45) is 7.18. The normalized spacial score (nSPS) is 19.4. The number of carbonyl (C=O) groups is 1. The maximum absolute atomic E-state index is 11.1. The predicted molar refractivity (Wildman–Crippen MR) is 82.7 cm³/mol. The van der Waals surface area contributed by atoms with E-state index < -0.39 is 6.09 Å². The highest BCUT2D eigenvalue weighted by molar-refractivity contribution is 5.93. The zero-order chi connectivity index (χ0) is 15.2. The molecule has 0 unspecified atom stereocenters. The Hall–Kier alpha value is -1.58. The van der Waals surface area contributed by atoms with Crippen molar-refractivity contribution in [2.75, 3.05) is 6.61 Å². The lowest BCUT2D eigenvalue weighted by atomic mass is 9.72. The molecule has 0 bridgehead atoms. The number of ether oxygens (including phenoxy) is 1. The van der Waals surface area contributed by atoms with Gasteiger partial charge in [-0.1, -0.05) is 25.5 Å². The summed E-state index contributed by atoms with van der Waals surface area (Å²) in [4.78, 5) is 11.1. The molecule has 0 radical (unpaired) electrons. The van der Waals surface area contributed by atoms with Crippen LogP contribution < -0.4 is 5.43 Å². The van der Waals surface area contributed by atoms with E-state index in [-0.39, 0.29) is 5.41 Å². The van der Waals surface area contributed by atoms with Crippen LogP contribution in [0.1, 0.15) is 53.9 Å². The van der Waals surface area contributed by atoms with Gasteiger partial charge in [-0.25, -0.2) is 10.2 Å². The van der Waals surface area contributed by atoms with Gasteiger partial charge in [-0.2, -0.15) is 5.10 Å². The minimum absolute atomic E-state index is 0.216. The van der Waals surface area contributed by atoms with Gasteiger partial charge in [0, 0.05) is 0 Å². The molecule has 0 spiro atoms. The maximum Gasteiger partial charge on any atom is 0.427 e. The van der Waals surface area contributed by atoms with E-state index in [2.05, 4.69) is 37.4 Å². The highest BCUT2D eigenvalue weighted by Crippen LogP contribution is 2.40. The third kappa shape index (κ3) is 4.83. The fourth-order valence-electron chi connectivity index (χ4n) is 2.55. The molecule has 1 amide bonds. The standard InChI is InChI=1S/C16H26N2O2/c1-6-20-15(19)18-17-13(3)9-10-14-12(2)8-7-11-16(14,4)5/h9-10H,6-8,11H2,1-5H3,(H,18,19). The summed E-state index contributed by atoms with van der Waals surface area (Å²) in [5.41, 5.74) is 6.16. The highest BCUT2D eigenvalue weighted by Gasteiger charge is 2.26. The lowest BCUT2D eigenvalue weighted by Gasteiger charge is -2.32. The fourth-order valence-corrected chi connectivity index (χ4v) is 2.55. The van der Waals surface area contributed by atoms with Crippen LogP contribution in [-0.4, -0.2) is 18.4 Å². The summed E-state index contributed by atoms with van der Waals surface area (Å²) >= 11 is 0. The van der Waals surface area contributed by atoms with E-state index >= 15 is 0 Å². The molecule has 112 valence electrons. The summed E-state index contributed by atoms with van der Waals surface area (Å²) < 4.78 is 4.75. The first-order valence-electron chi connectivity index (χ1n) is 7.22. The van der Waals surface area contributed by atoms with Crippen molar-refractivity contribution in [3.05, 3.63) is 23.3 Å². The fraction of sp³-hybridized carbons (Fsp3) is 0.625. The summed E-state index contributed by atoms with van der Waals surface area (Å²) in [5.74, 6) is 0. The van der Waals surface area contributed by atoms with Crippen molar-refractivity contribution in [1.82, 2.24) is 5.43 Å². The molecule has 1 rings (SSSR count). The quantitative estimate of drug-likeness (QED) is 0.619. The first-order chi connectivity index (χ1) is 9.36. The Morgan fingerprint density at radius 1 is 1.50 bits per heavy atom. The monoisotopic (exact) mass is 278 g/mol. The molecule has 0 saturated heterocycles. The molecule has 4 nitrogen and oxygen atoms in total. The van der Waals surface area contributed by atoms with Gasteiger partial charge in [0.1, 0.15) is 0 Å². The average molecular weight is 278 g/mol. The molecule has 0 aromatic rings. The summed E-state index contributed by atoms with van der Waals surface area (Å²) in [7, 11) is 0. The van der Waals surface area contributed by atoms with Crippen LogP contribution in [0, 0.1) is 5.41 Å². The van der Waals surface area contributed by atoms with E-state index in [4.69, 9.17) is 4.74 Å². The van der Waals surface area contributed by atoms with E-state index in [0.717, 1.165) is 5.71 Å². The van der Waals surface area contributed by atoms with Crippen LogP contribution in [-0.2, 0) is 4.74 Å². The second-order valence-electron chi connectivity index (χ2n) is 5.85. The van der Waals surface area contributed by atoms with Crippen LogP contribution in [0.4, 0.5) is 4.79 Å². The Bertz CT molecular complexity index is 445. The molecule has 1 aliphatic carbocycles. The Morgan fingerprint density at radius 2 is 2.20 bits per heavy atom. The van der Waals surface area contributed by atoms with Crippen LogP contribution in [0.2, 0.25) is 0 Å². The molecule has 0 heterocycles. The SMILES string of the molecule is CCOC(=O)NN=C(C)C=CC1=C(C)CCCC1(C)C. The first-order valence-corrected chi connectivity index (χ1v) is 7.22. The lowest BCUT2D eigenvalue weighted by molar-refractivity contribution is 0.152. The number of nitrogens with zero attached hydrogens (tertiary/aromatic N) is 1. The predicted octanol–water partition coefficient (Wildman–Crippen LogP) is 4.19. The number of hydrogen-bond acceptors (Lipinski definition) is 3. The third-order valence-corrected chi connectivity index (χ3v) is 3.63. The largest absolute Gasteiger partial charge is 0.449 e. The molecule has 0 atom stereocenters. The molecular formula is C16H26N2O2. The van der Waals surface area contributed by atoms with Gasteiger partial charge in [0.2, 0.25) is 0 Å². The van der Waals surface area contributed by atoms with Gasteiger partial charge in [0.15, 0.2) is 0 Å². The third-order valence-electron chi connectivity index (χ3n) is 3.63. The Morgan fingerprint density at radius 3 is 2.80 bits per heavy atom. The summed E-state index contributed by atoms with van der Waals surface area (Å²) in [6.45, 7) is 10.7. The minimum Gasteiger partial charge on any atom is -0.449 e. The van der Waals surface area contributed by atoms with E-state index in [1.807, 2.05) is 13.0 Å². The summed E-state index contributed by atoms with van der Waals surface area (Å²) in [5, 5.41) is 3.98. The van der Waals surface area contributed by atoms with Crippen molar-refractivity contribution in [2.24, 2.45) is 10.5 Å². The summed E-state index contributed by atoms with van der Waals surface area (Å²) in [6, 6.07) is 0. The maximum atomic E-state index is 11.1. The smallest absolute Gasteiger partial charge is 0.427 e. The van der Waals surface area contributed by atoms with Gasteiger partial charge in [0.25, 0.3) is 0 Å². The van der Waals surface area contributed by atoms with Gasteiger partial charge < -0.3 is 4.74 Å². The van der Waals surface area contributed by atoms with Crippen LogP contribution in [0.3, 0.4) is 0 Å². The van der Waals surface area contributed by atoms with Crippen LogP contribution >= 0.6 is 0 Å². The Balaban J connectivity index is 2.71. The molecule has 20 heavy (non-hydrogen) atoms. The van der Waals surface area contributed by atoms with Crippen molar-refractivity contribution in [1.29, 1.82) is 0 Å². The number of allylic oxidation sites excluding steroid dienone is 4. The number of rotatable bonds is 4. The van der Waals surface area contributed by atoms with Gasteiger partial charge in [0.05, 0.1) is 12.3 Å². The zero-order valence-electron chi connectivity index (χ0n) is 13.2. The number of carbonyl (C=O) groups excluding carboxylic acids is 1. The highest BCUT2D eigenvalue weighted by atomic mass is 16.5. The van der Waals surface area contributed by atoms with Crippen molar-refractivity contribution in [2.45, 2.75) is 53.9 Å². The van der Waals surface area contributed by atoms with Crippen molar-refractivity contribution < 1.29 is 9.53 Å². The first kappa shape index (κ1) is 16.5.